The van der Waals surface area contributed by atoms with E-state index in [2.05, 4.69) is 21.8 Å². The molecule has 0 saturated carbocycles. The van der Waals surface area contributed by atoms with E-state index in [-0.39, 0.29) is 0 Å². The van der Waals surface area contributed by atoms with Crippen molar-refractivity contribution in [2.75, 3.05) is 19.1 Å². The van der Waals surface area contributed by atoms with Crippen LogP contribution >= 0.6 is 0 Å². The summed E-state index contributed by atoms with van der Waals surface area (Å²) < 4.78 is 42.9. The molecule has 0 aliphatic rings. The number of halogens is 3. The van der Waals surface area contributed by atoms with Crippen molar-refractivity contribution in [3.05, 3.63) is 82.8 Å². The molecule has 0 amide bonds. The zero-order valence-corrected chi connectivity index (χ0v) is 17.0. The van der Waals surface area contributed by atoms with Gasteiger partial charge in [-0.25, -0.2) is 14.8 Å². The molecular weight excluding hydrogens is 407 g/mol. The van der Waals surface area contributed by atoms with Crippen LogP contribution in [0.15, 0.2) is 55.0 Å². The number of aromatic nitrogens is 2. The number of hydrogen-bond donors (Lipinski definition) is 0. The molecule has 1 aromatic heterocycles. The van der Waals surface area contributed by atoms with Gasteiger partial charge in [0.1, 0.15) is 6.33 Å². The molecule has 3 rings (SSSR count). The third kappa shape index (κ3) is 5.01. The van der Waals surface area contributed by atoms with Gasteiger partial charge in [-0.3, -0.25) is 0 Å². The lowest BCUT2D eigenvalue weighted by Crippen LogP contribution is -2.14. The van der Waals surface area contributed by atoms with Crippen molar-refractivity contribution in [1.82, 2.24) is 9.97 Å². The van der Waals surface area contributed by atoms with E-state index in [4.69, 9.17) is 4.74 Å². The number of methoxy groups -OCH3 is 1. The van der Waals surface area contributed by atoms with Crippen LogP contribution < -0.4 is 4.90 Å². The number of benzene rings is 2. The molecule has 1 heterocycles. The fourth-order valence-electron chi connectivity index (χ4n) is 2.88. The maximum absolute atomic E-state index is 12.7. The monoisotopic (exact) mass is 425 g/mol. The Morgan fingerprint density at radius 3 is 2.42 bits per heavy atom. The van der Waals surface area contributed by atoms with Crippen molar-refractivity contribution in [2.45, 2.75) is 13.1 Å². The highest BCUT2D eigenvalue weighted by molar-refractivity contribution is 5.91. The van der Waals surface area contributed by atoms with Crippen molar-refractivity contribution < 1.29 is 22.7 Å². The van der Waals surface area contributed by atoms with E-state index in [9.17, 15) is 18.0 Å². The van der Waals surface area contributed by atoms with Crippen LogP contribution in [-0.2, 0) is 10.9 Å². The third-order valence-electron chi connectivity index (χ3n) is 4.57. The second-order valence-corrected chi connectivity index (χ2v) is 6.63. The second-order valence-electron chi connectivity index (χ2n) is 6.63. The summed E-state index contributed by atoms with van der Waals surface area (Å²) >= 11 is 0. The van der Waals surface area contributed by atoms with Crippen LogP contribution in [0.5, 0.6) is 0 Å². The summed E-state index contributed by atoms with van der Waals surface area (Å²) in [5.41, 5.74) is 2.17. The van der Waals surface area contributed by atoms with Crippen LogP contribution in [0.3, 0.4) is 0 Å². The average molecular weight is 425 g/mol. The van der Waals surface area contributed by atoms with Gasteiger partial charge < -0.3 is 9.64 Å². The van der Waals surface area contributed by atoms with Gasteiger partial charge in [-0.05, 0) is 55.0 Å². The summed E-state index contributed by atoms with van der Waals surface area (Å²) in [6.45, 7) is 1.80. The first-order valence-corrected chi connectivity index (χ1v) is 9.12. The summed E-state index contributed by atoms with van der Waals surface area (Å²) in [4.78, 5) is 21.9. The molecule has 0 fully saturated rings. The molecule has 0 bridgehead atoms. The van der Waals surface area contributed by atoms with E-state index in [1.165, 1.54) is 31.8 Å². The molecule has 5 nitrogen and oxygen atoms in total. The molecule has 0 unspecified atom stereocenters. The number of alkyl halides is 3. The molecule has 2 aromatic carbocycles. The molecule has 3 aromatic rings. The van der Waals surface area contributed by atoms with Crippen LogP contribution in [0.2, 0.25) is 0 Å². The maximum Gasteiger partial charge on any atom is 0.416 e. The van der Waals surface area contributed by atoms with Crippen molar-refractivity contribution in [2.24, 2.45) is 0 Å². The molecule has 0 N–H and O–H groups in total. The van der Waals surface area contributed by atoms with E-state index in [0.29, 0.717) is 22.5 Å². The van der Waals surface area contributed by atoms with Gasteiger partial charge in [0, 0.05) is 24.5 Å². The zero-order chi connectivity index (χ0) is 22.6. The predicted molar refractivity (Wildman–Crippen MR) is 110 cm³/mol. The lowest BCUT2D eigenvalue weighted by atomic mass is 10.1. The second kappa shape index (κ2) is 8.88. The largest absolute Gasteiger partial charge is 0.465 e. The Kier molecular flexibility index (Phi) is 6.25. The number of esters is 1. The number of aryl methyl sites for hydroxylation is 1. The zero-order valence-electron chi connectivity index (χ0n) is 17.0. The van der Waals surface area contributed by atoms with E-state index >= 15 is 0 Å². The van der Waals surface area contributed by atoms with Crippen LogP contribution in [0, 0.1) is 18.8 Å². The average Bonchev–Trinajstić information content (AvgIpc) is 2.76. The molecular formula is C23H18F3N3O2. The Morgan fingerprint density at radius 2 is 1.81 bits per heavy atom. The molecule has 8 heteroatoms. The number of nitrogens with zero attached hydrogens (tertiary/aromatic N) is 3. The van der Waals surface area contributed by atoms with Crippen molar-refractivity contribution in [3.8, 4) is 11.8 Å². The lowest BCUT2D eigenvalue weighted by molar-refractivity contribution is -0.137. The molecule has 0 spiro atoms. The highest BCUT2D eigenvalue weighted by atomic mass is 19.4. The van der Waals surface area contributed by atoms with Crippen LogP contribution in [0.25, 0.3) is 0 Å². The van der Waals surface area contributed by atoms with E-state index in [1.807, 2.05) is 6.07 Å². The topological polar surface area (TPSA) is 55.3 Å². The first-order chi connectivity index (χ1) is 14.7. The first-order valence-electron chi connectivity index (χ1n) is 9.12. The molecule has 0 radical (unpaired) electrons. The fraction of sp³-hybridized carbons (Fsp3) is 0.174. The van der Waals surface area contributed by atoms with Gasteiger partial charge in [-0.1, -0.05) is 11.8 Å². The van der Waals surface area contributed by atoms with Gasteiger partial charge >= 0.3 is 12.1 Å². The standard InChI is InChI=1S/C23H18F3N3O2/c1-15-12-19(10-11-20(15)22(30)31-3)29(2)21-17(13-27-14-28-21)7-4-16-5-8-18(9-6-16)23(24,25)26/h5-6,8-14H,1-3H3. The number of carbonyl (C=O) groups is 1. The summed E-state index contributed by atoms with van der Waals surface area (Å²) in [5, 5.41) is 0. The molecule has 31 heavy (non-hydrogen) atoms. The Bertz CT molecular complexity index is 1160. The fourth-order valence-corrected chi connectivity index (χ4v) is 2.88. The lowest BCUT2D eigenvalue weighted by Gasteiger charge is -2.20. The molecule has 0 atom stereocenters. The number of carbonyl (C=O) groups excluding carboxylic acids is 1. The van der Waals surface area contributed by atoms with Gasteiger partial charge in [0.05, 0.1) is 23.8 Å². The molecule has 0 aliphatic carbocycles. The van der Waals surface area contributed by atoms with Gasteiger partial charge in [0.15, 0.2) is 5.82 Å². The number of rotatable bonds is 3. The minimum Gasteiger partial charge on any atom is -0.465 e. The number of hydrogen-bond acceptors (Lipinski definition) is 5. The van der Waals surface area contributed by atoms with Crippen LogP contribution in [0.4, 0.5) is 24.7 Å². The van der Waals surface area contributed by atoms with Gasteiger partial charge in [-0.2, -0.15) is 13.2 Å². The summed E-state index contributed by atoms with van der Waals surface area (Å²) in [7, 11) is 3.11. The normalized spacial score (nSPS) is 10.8. The van der Waals surface area contributed by atoms with Gasteiger partial charge in [0.2, 0.25) is 0 Å². The molecule has 158 valence electrons. The van der Waals surface area contributed by atoms with Gasteiger partial charge in [0.25, 0.3) is 0 Å². The minimum absolute atomic E-state index is 0.420. The first kappa shape index (κ1) is 21.8. The summed E-state index contributed by atoms with van der Waals surface area (Å²) in [5.74, 6) is 5.86. The quantitative estimate of drug-likeness (QED) is 0.448. The molecule has 0 saturated heterocycles. The Hall–Kier alpha value is -3.86. The highest BCUT2D eigenvalue weighted by Crippen LogP contribution is 2.29. The Balaban J connectivity index is 1.90. The summed E-state index contributed by atoms with van der Waals surface area (Å²) in [6.07, 6.45) is -1.48. The Labute approximate surface area is 177 Å². The van der Waals surface area contributed by atoms with Crippen LogP contribution in [-0.4, -0.2) is 30.1 Å². The van der Waals surface area contributed by atoms with E-state index in [1.54, 1.807) is 31.0 Å². The predicted octanol–water partition coefficient (Wildman–Crippen LogP) is 4.76. The van der Waals surface area contributed by atoms with E-state index < -0.39 is 17.7 Å². The number of anilines is 2. The maximum atomic E-state index is 12.7. The van der Waals surface area contributed by atoms with Crippen molar-refractivity contribution >= 4 is 17.5 Å². The highest BCUT2D eigenvalue weighted by Gasteiger charge is 2.29. The van der Waals surface area contributed by atoms with Crippen LogP contribution in [0.1, 0.15) is 32.6 Å². The third-order valence-corrected chi connectivity index (χ3v) is 4.57. The smallest absolute Gasteiger partial charge is 0.416 e. The van der Waals surface area contributed by atoms with Crippen molar-refractivity contribution in [3.63, 3.8) is 0 Å². The van der Waals surface area contributed by atoms with Crippen molar-refractivity contribution in [1.29, 1.82) is 0 Å². The van der Waals surface area contributed by atoms with E-state index in [0.717, 1.165) is 23.4 Å². The Morgan fingerprint density at radius 1 is 1.10 bits per heavy atom. The minimum atomic E-state index is -4.39. The van der Waals surface area contributed by atoms with Gasteiger partial charge in [-0.15, -0.1) is 0 Å². The number of ether oxygens (including phenoxy) is 1. The SMILES string of the molecule is COC(=O)c1ccc(N(C)c2ncncc2C#Cc2ccc(C(F)(F)F)cc2)cc1C. The molecule has 0 aliphatic heterocycles. The summed E-state index contributed by atoms with van der Waals surface area (Å²) in [6, 6.07) is 9.86.